The summed E-state index contributed by atoms with van der Waals surface area (Å²) in [6.07, 6.45) is 1.89. The normalized spacial score (nSPS) is 12.4. The molecule has 6 N–H and O–H groups in total. The minimum Gasteiger partial charge on any atom is -0.508 e. The number of rotatable bonds is 5. The molecule has 0 aromatic heterocycles. The summed E-state index contributed by atoms with van der Waals surface area (Å²) in [4.78, 5) is 0. The first-order valence-corrected chi connectivity index (χ1v) is 7.35. The van der Waals surface area contributed by atoms with Gasteiger partial charge in [0.1, 0.15) is 5.75 Å². The molecule has 0 aliphatic carbocycles. The quantitative estimate of drug-likeness (QED) is 0.628. The summed E-state index contributed by atoms with van der Waals surface area (Å²) in [5.41, 5.74) is 14.6. The van der Waals surface area contributed by atoms with E-state index in [1.807, 2.05) is 52.8 Å². The Balaban J connectivity index is 0.00000191. The molecule has 0 aliphatic heterocycles. The summed E-state index contributed by atoms with van der Waals surface area (Å²) in [6.45, 7) is 10.6. The monoisotopic (exact) mass is 291 g/mol. The first-order valence-electron chi connectivity index (χ1n) is 7.35. The second-order valence-electron chi connectivity index (χ2n) is 4.92. The topological polar surface area (TPSA) is 84.3 Å². The van der Waals surface area contributed by atoms with Gasteiger partial charge in [0.25, 0.3) is 0 Å². The van der Waals surface area contributed by atoms with Crippen LogP contribution in [0, 0.1) is 5.92 Å². The Morgan fingerprint density at radius 1 is 1.19 bits per heavy atom. The van der Waals surface area contributed by atoms with E-state index in [1.54, 1.807) is 12.1 Å². The van der Waals surface area contributed by atoms with Crippen LogP contribution in [0.2, 0.25) is 0 Å². The minimum absolute atomic E-state index is 0.260. The maximum atomic E-state index is 9.20. The molecule has 4 heteroatoms. The van der Waals surface area contributed by atoms with Crippen LogP contribution in [0.4, 0.5) is 0 Å². The van der Waals surface area contributed by atoms with E-state index in [9.17, 15) is 5.11 Å². The standard InChI is InChI=1S/C15H23N3O.C2H6/c1-10(2)14(16)8-11(3)15(17)18-9-12-4-6-13(19)7-5-12;1-2/h4-8,10,18-19H,9,16-17H2,1-3H3;1-2H3/b14-8-,15-11+;. The summed E-state index contributed by atoms with van der Waals surface area (Å²) >= 11 is 0. The number of phenols is 1. The van der Waals surface area contributed by atoms with Crippen LogP contribution in [0.25, 0.3) is 0 Å². The molecular weight excluding hydrogens is 262 g/mol. The van der Waals surface area contributed by atoms with Crippen LogP contribution in [0.3, 0.4) is 0 Å². The van der Waals surface area contributed by atoms with E-state index in [2.05, 4.69) is 5.32 Å². The minimum atomic E-state index is 0.260. The van der Waals surface area contributed by atoms with Crippen LogP contribution in [-0.2, 0) is 6.54 Å². The number of nitrogens with one attached hydrogen (secondary N) is 1. The van der Waals surface area contributed by atoms with Crippen LogP contribution in [0.15, 0.2) is 47.4 Å². The second-order valence-corrected chi connectivity index (χ2v) is 4.92. The van der Waals surface area contributed by atoms with Gasteiger partial charge in [-0.05, 0) is 42.2 Å². The van der Waals surface area contributed by atoms with Crippen molar-refractivity contribution in [3.8, 4) is 5.75 Å². The average Bonchev–Trinajstić information content (AvgIpc) is 2.48. The first kappa shape index (κ1) is 18.9. The lowest BCUT2D eigenvalue weighted by Gasteiger charge is -2.10. The highest BCUT2D eigenvalue weighted by molar-refractivity contribution is 5.28. The van der Waals surface area contributed by atoms with Crippen molar-refractivity contribution in [1.29, 1.82) is 0 Å². The Kier molecular flexibility index (Phi) is 8.77. The average molecular weight is 291 g/mol. The highest BCUT2D eigenvalue weighted by atomic mass is 16.3. The van der Waals surface area contributed by atoms with Crippen molar-refractivity contribution in [3.63, 3.8) is 0 Å². The lowest BCUT2D eigenvalue weighted by Crippen LogP contribution is -2.21. The van der Waals surface area contributed by atoms with Gasteiger partial charge in [0.2, 0.25) is 0 Å². The predicted molar refractivity (Wildman–Crippen MR) is 90.3 cm³/mol. The van der Waals surface area contributed by atoms with Crippen LogP contribution in [0.5, 0.6) is 5.75 Å². The second kappa shape index (κ2) is 9.75. The van der Waals surface area contributed by atoms with E-state index < -0.39 is 0 Å². The molecule has 0 bridgehead atoms. The molecule has 0 fully saturated rings. The molecular formula is C17H29N3O. The van der Waals surface area contributed by atoms with Crippen molar-refractivity contribution >= 4 is 0 Å². The molecule has 1 aromatic carbocycles. The van der Waals surface area contributed by atoms with Crippen molar-refractivity contribution in [1.82, 2.24) is 5.32 Å². The number of hydrogen-bond donors (Lipinski definition) is 4. The van der Waals surface area contributed by atoms with E-state index in [0.29, 0.717) is 18.3 Å². The number of hydrogen-bond acceptors (Lipinski definition) is 4. The van der Waals surface area contributed by atoms with E-state index in [0.717, 1.165) is 16.8 Å². The summed E-state index contributed by atoms with van der Waals surface area (Å²) in [7, 11) is 0. The molecule has 0 aliphatic rings. The smallest absolute Gasteiger partial charge is 0.115 e. The Morgan fingerprint density at radius 3 is 2.19 bits per heavy atom. The summed E-state index contributed by atoms with van der Waals surface area (Å²) in [5, 5.41) is 12.3. The van der Waals surface area contributed by atoms with E-state index in [1.165, 1.54) is 0 Å². The molecule has 4 nitrogen and oxygen atoms in total. The summed E-state index contributed by atoms with van der Waals surface area (Å²) < 4.78 is 0. The van der Waals surface area contributed by atoms with Gasteiger partial charge in [-0.25, -0.2) is 0 Å². The number of nitrogens with two attached hydrogens (primary N) is 2. The lowest BCUT2D eigenvalue weighted by atomic mass is 10.1. The molecule has 1 aromatic rings. The molecule has 0 saturated carbocycles. The maximum absolute atomic E-state index is 9.20. The predicted octanol–water partition coefficient (Wildman–Crippen LogP) is 3.20. The van der Waals surface area contributed by atoms with Crippen molar-refractivity contribution in [2.75, 3.05) is 0 Å². The molecule has 0 spiro atoms. The van der Waals surface area contributed by atoms with Crippen LogP contribution < -0.4 is 16.8 Å². The molecule has 0 amide bonds. The molecule has 0 radical (unpaired) electrons. The fraction of sp³-hybridized carbons (Fsp3) is 0.412. The third-order valence-corrected chi connectivity index (χ3v) is 2.89. The summed E-state index contributed by atoms with van der Waals surface area (Å²) in [6, 6.07) is 7.01. The van der Waals surface area contributed by atoms with Crippen LogP contribution >= 0.6 is 0 Å². The fourth-order valence-electron chi connectivity index (χ4n) is 1.44. The van der Waals surface area contributed by atoms with E-state index in [-0.39, 0.29) is 5.75 Å². The van der Waals surface area contributed by atoms with Crippen molar-refractivity contribution < 1.29 is 5.11 Å². The lowest BCUT2D eigenvalue weighted by molar-refractivity contribution is 0.475. The largest absolute Gasteiger partial charge is 0.508 e. The maximum Gasteiger partial charge on any atom is 0.115 e. The van der Waals surface area contributed by atoms with Gasteiger partial charge in [-0.2, -0.15) is 0 Å². The number of aromatic hydroxyl groups is 1. The Morgan fingerprint density at radius 2 is 1.71 bits per heavy atom. The molecule has 1 rings (SSSR count). The first-order chi connectivity index (χ1) is 9.90. The zero-order chi connectivity index (χ0) is 16.4. The Labute approximate surface area is 128 Å². The molecule has 0 atom stereocenters. The highest BCUT2D eigenvalue weighted by Crippen LogP contribution is 2.10. The van der Waals surface area contributed by atoms with Gasteiger partial charge >= 0.3 is 0 Å². The molecule has 0 unspecified atom stereocenters. The van der Waals surface area contributed by atoms with Gasteiger partial charge in [-0.3, -0.25) is 0 Å². The Hall–Kier alpha value is -2.10. The van der Waals surface area contributed by atoms with E-state index >= 15 is 0 Å². The molecule has 0 saturated heterocycles. The Bertz CT molecular complexity index is 473. The fourth-order valence-corrected chi connectivity index (χ4v) is 1.44. The molecule has 21 heavy (non-hydrogen) atoms. The zero-order valence-corrected chi connectivity index (χ0v) is 13.8. The third kappa shape index (κ3) is 7.30. The number of phenolic OH excluding ortho intramolecular Hbond substituents is 1. The van der Waals surface area contributed by atoms with Gasteiger partial charge in [-0.15, -0.1) is 0 Å². The summed E-state index contributed by atoms with van der Waals surface area (Å²) in [5.74, 6) is 1.17. The van der Waals surface area contributed by atoms with Gasteiger partial charge in [0, 0.05) is 12.2 Å². The highest BCUT2D eigenvalue weighted by Gasteiger charge is 2.00. The van der Waals surface area contributed by atoms with Gasteiger partial charge in [0.05, 0.1) is 5.82 Å². The van der Waals surface area contributed by atoms with Crippen molar-refractivity contribution in [3.05, 3.63) is 53.0 Å². The van der Waals surface area contributed by atoms with E-state index in [4.69, 9.17) is 11.5 Å². The van der Waals surface area contributed by atoms with Crippen LogP contribution in [0.1, 0.15) is 40.2 Å². The number of benzene rings is 1. The zero-order valence-electron chi connectivity index (χ0n) is 13.8. The van der Waals surface area contributed by atoms with Gasteiger partial charge < -0.3 is 21.9 Å². The molecule has 118 valence electrons. The van der Waals surface area contributed by atoms with Gasteiger partial charge in [0.15, 0.2) is 0 Å². The third-order valence-electron chi connectivity index (χ3n) is 2.89. The van der Waals surface area contributed by atoms with Crippen LogP contribution in [-0.4, -0.2) is 5.11 Å². The molecule has 0 heterocycles. The van der Waals surface area contributed by atoms with Gasteiger partial charge in [-0.1, -0.05) is 39.8 Å². The van der Waals surface area contributed by atoms with Crippen molar-refractivity contribution in [2.45, 2.75) is 41.2 Å². The van der Waals surface area contributed by atoms with Crippen molar-refractivity contribution in [2.24, 2.45) is 17.4 Å². The number of allylic oxidation sites excluding steroid dienone is 3. The SMILES string of the molecule is CC.CC(/C=C(\N)C(C)C)=C(/N)NCc1ccc(O)cc1.